The molecule has 0 atom stereocenters. The van der Waals surface area contributed by atoms with Crippen molar-refractivity contribution in [1.29, 1.82) is 0 Å². The van der Waals surface area contributed by atoms with Crippen LogP contribution in [0.1, 0.15) is 25.0 Å². The molecule has 1 amide bonds. The monoisotopic (exact) mass is 234 g/mol. The van der Waals surface area contributed by atoms with Gasteiger partial charge in [-0.1, -0.05) is 6.07 Å². The minimum absolute atomic E-state index is 0.0447. The predicted molar refractivity (Wildman–Crippen MR) is 72.2 cm³/mol. The van der Waals surface area contributed by atoms with E-state index >= 15 is 0 Å². The van der Waals surface area contributed by atoms with Crippen molar-refractivity contribution in [1.82, 2.24) is 0 Å². The Morgan fingerprint density at radius 3 is 2.35 bits per heavy atom. The molecule has 1 aromatic rings. The van der Waals surface area contributed by atoms with E-state index in [-0.39, 0.29) is 5.91 Å². The highest BCUT2D eigenvalue weighted by molar-refractivity contribution is 5.96. The fourth-order valence-corrected chi connectivity index (χ4v) is 1.59. The molecule has 17 heavy (non-hydrogen) atoms. The Bertz CT molecular complexity index is 424. The number of hydrogen-bond acceptors (Lipinski definition) is 2. The number of carbonyl (C=O) groups excluding carboxylic acids is 1. The smallest absolute Gasteiger partial charge is 0.233 e. The number of aryl methyl sites for hydroxylation is 2. The summed E-state index contributed by atoms with van der Waals surface area (Å²) in [6, 6.07) is 6.02. The molecular formula is C14H22N2O. The number of nitrogens with zero attached hydrogens (tertiary/aromatic N) is 1. The quantitative estimate of drug-likeness (QED) is 0.872. The van der Waals surface area contributed by atoms with Gasteiger partial charge in [-0.3, -0.25) is 4.79 Å². The second-order valence-electron chi connectivity index (χ2n) is 5.22. The van der Waals surface area contributed by atoms with Crippen LogP contribution < -0.4 is 10.6 Å². The first-order valence-electron chi connectivity index (χ1n) is 5.85. The van der Waals surface area contributed by atoms with Gasteiger partial charge < -0.3 is 10.6 Å². The number of hydrogen-bond donors (Lipinski definition) is 1. The zero-order valence-electron chi connectivity index (χ0n) is 11.4. The molecule has 0 aromatic heterocycles. The predicted octanol–water partition coefficient (Wildman–Crippen LogP) is 2.25. The van der Waals surface area contributed by atoms with Crippen molar-refractivity contribution in [3.8, 4) is 0 Å². The second kappa shape index (κ2) is 4.88. The molecule has 1 rings (SSSR count). The lowest BCUT2D eigenvalue weighted by Gasteiger charge is -2.28. The molecule has 0 heterocycles. The normalized spacial score (nSPS) is 11.4. The summed E-state index contributed by atoms with van der Waals surface area (Å²) >= 11 is 0. The molecule has 1 aromatic carbocycles. The summed E-state index contributed by atoms with van der Waals surface area (Å²) in [5.41, 5.74) is 8.44. The maximum atomic E-state index is 12.2. The number of rotatable bonds is 3. The molecule has 2 N–H and O–H groups in total. The first-order valence-corrected chi connectivity index (χ1v) is 5.85. The molecule has 0 radical (unpaired) electrons. The van der Waals surface area contributed by atoms with E-state index in [1.807, 2.05) is 39.0 Å². The summed E-state index contributed by atoms with van der Waals surface area (Å²) in [5.74, 6) is 0.0447. The van der Waals surface area contributed by atoms with Gasteiger partial charge in [0.1, 0.15) is 0 Å². The highest BCUT2D eigenvalue weighted by atomic mass is 16.2. The Morgan fingerprint density at radius 2 is 1.88 bits per heavy atom. The van der Waals surface area contributed by atoms with Gasteiger partial charge in [0.15, 0.2) is 0 Å². The first kappa shape index (κ1) is 13.7. The van der Waals surface area contributed by atoms with Crippen molar-refractivity contribution in [2.75, 3.05) is 18.5 Å². The molecule has 0 aliphatic heterocycles. The van der Waals surface area contributed by atoms with Gasteiger partial charge in [0.25, 0.3) is 0 Å². The average molecular weight is 234 g/mol. The van der Waals surface area contributed by atoms with Crippen molar-refractivity contribution in [2.24, 2.45) is 11.1 Å². The van der Waals surface area contributed by atoms with Crippen LogP contribution in [0.15, 0.2) is 18.2 Å². The summed E-state index contributed by atoms with van der Waals surface area (Å²) in [5, 5.41) is 0. The van der Waals surface area contributed by atoms with Gasteiger partial charge in [-0.2, -0.15) is 0 Å². The summed E-state index contributed by atoms with van der Waals surface area (Å²) in [7, 11) is 1.80. The van der Waals surface area contributed by atoms with Crippen molar-refractivity contribution in [2.45, 2.75) is 27.7 Å². The van der Waals surface area contributed by atoms with E-state index in [2.05, 4.69) is 6.92 Å². The molecule has 0 bridgehead atoms. The summed E-state index contributed by atoms with van der Waals surface area (Å²) in [6.45, 7) is 8.19. The maximum Gasteiger partial charge on any atom is 0.233 e. The fourth-order valence-electron chi connectivity index (χ4n) is 1.59. The standard InChI is InChI=1S/C14H22N2O/c1-10-6-7-12(8-11(10)2)16(5)13(17)14(3,4)9-15/h6-8H,9,15H2,1-5H3. The van der Waals surface area contributed by atoms with E-state index < -0.39 is 5.41 Å². The Kier molecular flexibility index (Phi) is 3.94. The van der Waals surface area contributed by atoms with Crippen molar-refractivity contribution >= 4 is 11.6 Å². The van der Waals surface area contributed by atoms with Crippen LogP contribution in [0.25, 0.3) is 0 Å². The summed E-state index contributed by atoms with van der Waals surface area (Å²) in [4.78, 5) is 13.9. The van der Waals surface area contributed by atoms with Gasteiger partial charge >= 0.3 is 0 Å². The van der Waals surface area contributed by atoms with Crippen molar-refractivity contribution in [3.05, 3.63) is 29.3 Å². The first-order chi connectivity index (χ1) is 7.79. The van der Waals surface area contributed by atoms with Crippen molar-refractivity contribution in [3.63, 3.8) is 0 Å². The summed E-state index contributed by atoms with van der Waals surface area (Å²) < 4.78 is 0. The topological polar surface area (TPSA) is 46.3 Å². The lowest BCUT2D eigenvalue weighted by Crippen LogP contribution is -2.43. The Labute approximate surface area is 104 Å². The van der Waals surface area contributed by atoms with Crippen LogP contribution in [-0.2, 0) is 4.79 Å². The van der Waals surface area contributed by atoms with Crippen LogP contribution in [0.3, 0.4) is 0 Å². The molecular weight excluding hydrogens is 212 g/mol. The van der Waals surface area contributed by atoms with Gasteiger partial charge in [0.05, 0.1) is 5.41 Å². The highest BCUT2D eigenvalue weighted by Crippen LogP contribution is 2.23. The molecule has 0 saturated heterocycles. The Balaban J connectivity index is 3.00. The van der Waals surface area contributed by atoms with Gasteiger partial charge in [0, 0.05) is 19.3 Å². The highest BCUT2D eigenvalue weighted by Gasteiger charge is 2.29. The second-order valence-corrected chi connectivity index (χ2v) is 5.22. The lowest BCUT2D eigenvalue weighted by atomic mass is 9.91. The van der Waals surface area contributed by atoms with E-state index in [4.69, 9.17) is 5.73 Å². The third kappa shape index (κ3) is 2.86. The van der Waals surface area contributed by atoms with E-state index in [1.165, 1.54) is 11.1 Å². The molecule has 0 spiro atoms. The van der Waals surface area contributed by atoms with E-state index in [0.717, 1.165) is 5.69 Å². The number of amides is 1. The number of carbonyl (C=O) groups is 1. The van der Waals surface area contributed by atoms with Crippen molar-refractivity contribution < 1.29 is 4.79 Å². The van der Waals surface area contributed by atoms with Crippen LogP contribution in [0, 0.1) is 19.3 Å². The van der Waals surface area contributed by atoms with Crippen LogP contribution in [0.4, 0.5) is 5.69 Å². The fraction of sp³-hybridized carbons (Fsp3) is 0.500. The molecule has 3 heteroatoms. The third-order valence-corrected chi connectivity index (χ3v) is 3.27. The molecule has 0 aliphatic carbocycles. The molecule has 0 fully saturated rings. The summed E-state index contributed by atoms with van der Waals surface area (Å²) in [6.07, 6.45) is 0. The lowest BCUT2D eigenvalue weighted by molar-refractivity contribution is -0.125. The number of anilines is 1. The average Bonchev–Trinajstić information content (AvgIpc) is 2.30. The van der Waals surface area contributed by atoms with Crippen LogP contribution in [-0.4, -0.2) is 19.5 Å². The van der Waals surface area contributed by atoms with Gasteiger partial charge in [-0.25, -0.2) is 0 Å². The van der Waals surface area contributed by atoms with Gasteiger partial charge in [-0.05, 0) is 51.0 Å². The maximum absolute atomic E-state index is 12.2. The van der Waals surface area contributed by atoms with Gasteiger partial charge in [0.2, 0.25) is 5.91 Å². The van der Waals surface area contributed by atoms with E-state index in [0.29, 0.717) is 6.54 Å². The Morgan fingerprint density at radius 1 is 1.29 bits per heavy atom. The molecule has 94 valence electrons. The largest absolute Gasteiger partial charge is 0.329 e. The van der Waals surface area contributed by atoms with Crippen LogP contribution >= 0.6 is 0 Å². The third-order valence-electron chi connectivity index (χ3n) is 3.27. The Hall–Kier alpha value is -1.35. The minimum Gasteiger partial charge on any atom is -0.329 e. The van der Waals surface area contributed by atoms with Crippen LogP contribution in [0.2, 0.25) is 0 Å². The number of nitrogens with two attached hydrogens (primary N) is 1. The molecule has 3 nitrogen and oxygen atoms in total. The SMILES string of the molecule is Cc1ccc(N(C)C(=O)C(C)(C)CN)cc1C. The van der Waals surface area contributed by atoms with E-state index in [1.54, 1.807) is 11.9 Å². The minimum atomic E-state index is -0.520. The van der Waals surface area contributed by atoms with Gasteiger partial charge in [-0.15, -0.1) is 0 Å². The molecule has 0 saturated carbocycles. The number of benzene rings is 1. The van der Waals surface area contributed by atoms with E-state index in [9.17, 15) is 4.79 Å². The molecule has 0 aliphatic rings. The zero-order valence-corrected chi connectivity index (χ0v) is 11.4. The zero-order chi connectivity index (χ0) is 13.2. The van der Waals surface area contributed by atoms with Crippen LogP contribution in [0.5, 0.6) is 0 Å². The molecule has 0 unspecified atom stereocenters.